The number of aromatic hydroxyl groups is 1. The number of rotatable bonds is 7. The van der Waals surface area contributed by atoms with Crippen molar-refractivity contribution in [3.05, 3.63) is 192 Å². The standard InChI is InChI=1S/C64H64N3O.Pt/c1-61(2,3)48-29-30-56(53(40-48)42-23-17-14-18-24-42)67-57-28-20-25-51(58(57)66-60(67)52-26-19-27-54(59(52)68)64(10,11)12)46-33-44(41-21-15-13-16-22-41)34-47(35-46)55-38-43(31-32-65-55)45-36-49(62(4,5)6)39-50(37-45)63(7,8)9;/h13-34,36-40,68H,1-12H3;/q-1;/i4D3,5D3,6D3,7D3,8D3,9D3;. The molecule has 0 fully saturated rings. The molecular formula is C64H64N3OPt-. The van der Waals surface area contributed by atoms with Crippen LogP contribution < -0.4 is 0 Å². The van der Waals surface area contributed by atoms with Crippen LogP contribution in [-0.2, 0) is 42.7 Å². The molecule has 9 rings (SSSR count). The first-order valence-corrected chi connectivity index (χ1v) is 22.5. The smallest absolute Gasteiger partial charge is 0.148 e. The molecule has 0 saturated carbocycles. The van der Waals surface area contributed by atoms with Crippen LogP contribution in [0.4, 0.5) is 0 Å². The summed E-state index contributed by atoms with van der Waals surface area (Å²) in [5.41, 5.74) is -1.48. The van der Waals surface area contributed by atoms with Gasteiger partial charge in [-0.3, -0.25) is 9.55 Å². The Kier molecular flexibility index (Phi) is 8.32. The van der Waals surface area contributed by atoms with Crippen LogP contribution >= 0.6 is 0 Å². The van der Waals surface area contributed by atoms with Gasteiger partial charge < -0.3 is 5.11 Å². The van der Waals surface area contributed by atoms with Crippen LogP contribution in [0.15, 0.2) is 164 Å². The van der Waals surface area contributed by atoms with Gasteiger partial charge in [0, 0.05) is 63.2 Å². The molecule has 2 aromatic heterocycles. The van der Waals surface area contributed by atoms with E-state index >= 15 is 0 Å². The van der Waals surface area contributed by atoms with E-state index in [1.807, 2.05) is 118 Å². The summed E-state index contributed by atoms with van der Waals surface area (Å²) in [4.78, 5) is 10.2. The quantitative estimate of drug-likeness (QED) is 0.162. The Bertz CT molecular complexity index is 3870. The van der Waals surface area contributed by atoms with Crippen molar-refractivity contribution >= 4 is 11.0 Å². The van der Waals surface area contributed by atoms with Crippen molar-refractivity contribution in [2.24, 2.45) is 0 Å². The number of phenolic OH excluding ortho intramolecular Hbond substituents is 1. The van der Waals surface area contributed by atoms with E-state index in [1.54, 1.807) is 0 Å². The van der Waals surface area contributed by atoms with Gasteiger partial charge in [-0.05, 0) is 96.5 Å². The molecule has 352 valence electrons. The van der Waals surface area contributed by atoms with E-state index in [-0.39, 0.29) is 49.1 Å². The van der Waals surface area contributed by atoms with Crippen LogP contribution in [0.1, 0.15) is 130 Å². The fourth-order valence-electron chi connectivity index (χ4n) is 8.75. The van der Waals surface area contributed by atoms with Crippen molar-refractivity contribution in [2.75, 3.05) is 0 Å². The third kappa shape index (κ3) is 9.93. The third-order valence-corrected chi connectivity index (χ3v) is 12.4. The molecule has 0 radical (unpaired) electrons. The Morgan fingerprint density at radius 1 is 0.493 bits per heavy atom. The predicted molar refractivity (Wildman–Crippen MR) is 287 cm³/mol. The van der Waals surface area contributed by atoms with Gasteiger partial charge in [0.15, 0.2) is 0 Å². The minimum absolute atomic E-state index is 0. The number of para-hydroxylation sites is 2. The number of hydrogen-bond acceptors (Lipinski definition) is 3. The first-order valence-electron chi connectivity index (χ1n) is 31.5. The van der Waals surface area contributed by atoms with Crippen molar-refractivity contribution in [1.82, 2.24) is 14.5 Å². The molecule has 0 unspecified atom stereocenters. The fraction of sp³-hybridized carbons (Fsp3) is 0.250. The van der Waals surface area contributed by atoms with E-state index in [2.05, 4.69) is 61.7 Å². The summed E-state index contributed by atoms with van der Waals surface area (Å²) in [5, 5.41) is 12.3. The molecule has 2 heterocycles. The topological polar surface area (TPSA) is 50.9 Å². The number of phenols is 1. The minimum Gasteiger partial charge on any atom is -0.507 e. The van der Waals surface area contributed by atoms with Gasteiger partial charge in [-0.2, -0.15) is 0 Å². The van der Waals surface area contributed by atoms with Crippen molar-refractivity contribution < 1.29 is 50.8 Å². The Morgan fingerprint density at radius 3 is 1.74 bits per heavy atom. The zero-order chi connectivity index (χ0) is 63.3. The summed E-state index contributed by atoms with van der Waals surface area (Å²) in [6.45, 7) is -11.0. The fourth-order valence-corrected chi connectivity index (χ4v) is 8.75. The summed E-state index contributed by atoms with van der Waals surface area (Å²) >= 11 is 0. The molecule has 0 atom stereocenters. The average Bonchev–Trinajstić information content (AvgIpc) is 1.21. The van der Waals surface area contributed by atoms with Gasteiger partial charge in [-0.25, -0.2) is 4.98 Å². The summed E-state index contributed by atoms with van der Waals surface area (Å²) in [6, 6.07) is 49.6. The van der Waals surface area contributed by atoms with Gasteiger partial charge in [-0.15, -0.1) is 23.8 Å². The second-order valence-electron chi connectivity index (χ2n) is 19.5. The number of nitrogens with zero attached hydrogens (tertiary/aromatic N) is 3. The molecule has 1 N–H and O–H groups in total. The molecule has 5 heteroatoms. The molecule has 0 amide bonds. The predicted octanol–water partition coefficient (Wildman–Crippen LogP) is 17.1. The molecule has 0 aliphatic rings. The van der Waals surface area contributed by atoms with Crippen molar-refractivity contribution in [2.45, 2.75) is 104 Å². The first-order chi connectivity index (χ1) is 39.6. The molecule has 0 aliphatic carbocycles. The van der Waals surface area contributed by atoms with Crippen LogP contribution in [-0.4, -0.2) is 19.6 Å². The number of aromatic nitrogens is 3. The van der Waals surface area contributed by atoms with Gasteiger partial charge in [0.05, 0.1) is 22.3 Å². The van der Waals surface area contributed by atoms with Gasteiger partial charge in [0.1, 0.15) is 11.6 Å². The van der Waals surface area contributed by atoms with Crippen LogP contribution in [0.2, 0.25) is 0 Å². The molecule has 0 bridgehead atoms. The Labute approximate surface area is 450 Å². The Hall–Kier alpha value is -6.35. The van der Waals surface area contributed by atoms with E-state index < -0.39 is 68.5 Å². The van der Waals surface area contributed by atoms with Gasteiger partial charge in [-0.1, -0.05) is 215 Å². The van der Waals surface area contributed by atoms with Crippen LogP contribution in [0.25, 0.3) is 83.9 Å². The van der Waals surface area contributed by atoms with Crippen molar-refractivity contribution in [3.63, 3.8) is 0 Å². The maximum atomic E-state index is 12.3. The molecule has 0 aliphatic heterocycles. The van der Waals surface area contributed by atoms with Crippen molar-refractivity contribution in [1.29, 1.82) is 0 Å². The maximum Gasteiger partial charge on any atom is 0.148 e. The largest absolute Gasteiger partial charge is 0.507 e. The molecule has 0 saturated heterocycles. The molecule has 4 nitrogen and oxygen atoms in total. The Balaban J connectivity index is 0.00000982. The van der Waals surface area contributed by atoms with Crippen LogP contribution in [0.5, 0.6) is 5.75 Å². The van der Waals surface area contributed by atoms with E-state index in [1.165, 1.54) is 18.3 Å². The van der Waals surface area contributed by atoms with Gasteiger partial charge in [0.2, 0.25) is 0 Å². The zero-order valence-corrected chi connectivity index (χ0v) is 41.5. The molecule has 9 aromatic rings. The minimum atomic E-state index is -3.92. The first kappa shape index (κ1) is 31.0. The zero-order valence-electron chi connectivity index (χ0n) is 57.2. The average molecular weight is 1100 g/mol. The Morgan fingerprint density at radius 2 is 1.10 bits per heavy atom. The normalized spacial score (nSPS) is 17.2. The number of hydrogen-bond donors (Lipinski definition) is 1. The molecule has 7 aromatic carbocycles. The van der Waals surface area contributed by atoms with E-state index in [4.69, 9.17) is 34.6 Å². The van der Waals surface area contributed by atoms with E-state index in [9.17, 15) is 5.11 Å². The third-order valence-electron chi connectivity index (χ3n) is 12.4. The second-order valence-corrected chi connectivity index (χ2v) is 19.5. The molecule has 0 spiro atoms. The summed E-state index contributed by atoms with van der Waals surface area (Å²) in [6.07, 6.45) is 1.33. The van der Waals surface area contributed by atoms with Gasteiger partial charge >= 0.3 is 0 Å². The van der Waals surface area contributed by atoms with Crippen LogP contribution in [0.3, 0.4) is 0 Å². The van der Waals surface area contributed by atoms with E-state index in [0.29, 0.717) is 56.3 Å². The van der Waals surface area contributed by atoms with Crippen LogP contribution in [0, 0.1) is 6.07 Å². The number of pyridine rings is 1. The molecule has 69 heavy (non-hydrogen) atoms. The van der Waals surface area contributed by atoms with Gasteiger partial charge in [0.25, 0.3) is 0 Å². The monoisotopic (exact) mass is 1100 g/mol. The number of benzene rings is 7. The second kappa shape index (κ2) is 18.5. The number of fused-ring (bicyclic) bond motifs is 1. The summed E-state index contributed by atoms with van der Waals surface area (Å²) in [7, 11) is 0. The summed E-state index contributed by atoms with van der Waals surface area (Å²) < 4.78 is 157. The number of imidazole rings is 1. The van der Waals surface area contributed by atoms with Crippen molar-refractivity contribution in [3.8, 4) is 78.6 Å². The molecular weight excluding hydrogens is 1020 g/mol. The maximum absolute atomic E-state index is 12.3. The van der Waals surface area contributed by atoms with E-state index in [0.717, 1.165) is 40.1 Å². The SMILES string of the molecule is [2H]C([2H])([2H])C(c1cc(-c2ccnc(-c3[c-]c(-c4cccc5c4nc(-c4cccc(C(C)(C)C)c4O)n5-c4ccc(C(C)(C)C)cc4-c4ccccc4)cc(-c4ccccc4)c3)c2)cc(C(C([2H])([2H])[2H])(C([2H])([2H])[2H])C([2H])([2H])[2H])c1)(C([2H])([2H])[2H])C([2H])([2H])[2H].[Pt]. The summed E-state index contributed by atoms with van der Waals surface area (Å²) in [5.74, 6) is 0.516.